The lowest BCUT2D eigenvalue weighted by molar-refractivity contribution is -0.160. The van der Waals surface area contributed by atoms with E-state index in [0.717, 1.165) is 19.5 Å². The second-order valence-electron chi connectivity index (χ2n) is 18.2. The van der Waals surface area contributed by atoms with Crippen LogP contribution in [0.1, 0.15) is 60.5 Å². The highest BCUT2D eigenvalue weighted by atomic mass is 16.7. The lowest BCUT2D eigenvalue weighted by Crippen LogP contribution is -2.46. The van der Waals surface area contributed by atoms with Gasteiger partial charge in [0.25, 0.3) is 5.91 Å². The summed E-state index contributed by atoms with van der Waals surface area (Å²) in [6, 6.07) is 3.14. The van der Waals surface area contributed by atoms with Crippen LogP contribution in [-0.2, 0) is 23.8 Å². The fraction of sp³-hybridized carbons (Fsp3) is 0.490. The Hall–Kier alpha value is -6.01. The smallest absolute Gasteiger partial charge is 0.307 e. The number of carbonyl (C=O) groups excluding carboxylic acids is 2. The van der Waals surface area contributed by atoms with Gasteiger partial charge in [-0.1, -0.05) is 45.9 Å². The molecular formula is C49H60N4O13. The number of esters is 1. The Morgan fingerprint density at radius 2 is 1.67 bits per heavy atom. The quantitative estimate of drug-likeness (QED) is 0.107. The van der Waals surface area contributed by atoms with Gasteiger partial charge in [-0.05, 0) is 39.9 Å². The zero-order valence-electron chi connectivity index (χ0n) is 39.0. The standard InChI is InChI=1S/C49H60N4O13/c1-23-13-11-14-24(2)48(61)51-39-43(59)35-34(38-46(39)65-33-22-30(21-31(55)37(33)50-38)53-17-12-16-52(9)18-19-53)36-45(28(6)42(35)58)66-49(8,47(36)60)63-20-15-32(62-10)25(3)44(64-29(7)54)27(5)41(57)26(4)40(23)56/h11,13-15,20-23,25-27,32,40-41,44,56-58,60H,12,16-19H2,1-10H3,(H,51,61)/b13-11+,20-15+,24-14+/t23-,25+,26+,27+,32-,40-,41+,44+,49-/m0/s1. The zero-order valence-corrected chi connectivity index (χ0v) is 39.0. The number of nitrogens with one attached hydrogen (secondary N) is 1. The van der Waals surface area contributed by atoms with Gasteiger partial charge in [0.1, 0.15) is 28.8 Å². The minimum absolute atomic E-state index is 0.0371. The number of nitrogens with zero attached hydrogens (tertiary/aromatic N) is 3. The van der Waals surface area contributed by atoms with Crippen molar-refractivity contribution in [2.45, 2.75) is 92.0 Å². The van der Waals surface area contributed by atoms with Crippen LogP contribution < -0.4 is 31.0 Å². The summed E-state index contributed by atoms with van der Waals surface area (Å²) in [6.07, 6.45) is 4.42. The van der Waals surface area contributed by atoms with Crippen molar-refractivity contribution < 1.29 is 53.4 Å². The molecule has 5 N–H and O–H groups in total. The molecule has 1 amide bonds. The maximum atomic E-state index is 14.9. The van der Waals surface area contributed by atoms with Crippen LogP contribution in [0, 0.1) is 30.6 Å². The van der Waals surface area contributed by atoms with E-state index in [1.165, 1.54) is 59.3 Å². The van der Waals surface area contributed by atoms with Crippen molar-refractivity contribution in [2.75, 3.05) is 50.6 Å². The number of phenols is 1. The number of aliphatic hydroxyl groups excluding tert-OH is 3. The monoisotopic (exact) mass is 912 g/mol. The van der Waals surface area contributed by atoms with E-state index in [2.05, 4.69) is 15.1 Å². The van der Waals surface area contributed by atoms with Crippen LogP contribution in [0.4, 0.5) is 11.4 Å². The van der Waals surface area contributed by atoms with Gasteiger partial charge in [-0.3, -0.25) is 19.2 Å². The third kappa shape index (κ3) is 8.72. The van der Waals surface area contributed by atoms with E-state index >= 15 is 0 Å². The number of likely N-dealkylation sites (N-methyl/N-ethyl adjacent to an activating group) is 1. The van der Waals surface area contributed by atoms with Crippen LogP contribution in [0.15, 0.2) is 62.3 Å². The number of phenolic OH excluding ortho intramolecular Hbond substituents is 1. The first kappa shape index (κ1) is 47.9. The summed E-state index contributed by atoms with van der Waals surface area (Å²) in [5.74, 6) is -6.92. The van der Waals surface area contributed by atoms with Crippen LogP contribution in [0.3, 0.4) is 0 Å². The van der Waals surface area contributed by atoms with Gasteiger partial charge >= 0.3 is 11.8 Å². The van der Waals surface area contributed by atoms with E-state index in [-0.39, 0.29) is 60.8 Å². The van der Waals surface area contributed by atoms with Crippen LogP contribution in [0.2, 0.25) is 0 Å². The number of methoxy groups -OCH3 is 1. The Bertz CT molecular complexity index is 2860. The number of rotatable bonds is 3. The Balaban J connectivity index is 1.48. The summed E-state index contributed by atoms with van der Waals surface area (Å²) < 4.78 is 30.5. The van der Waals surface area contributed by atoms with Crippen molar-refractivity contribution >= 4 is 62.0 Å². The fourth-order valence-electron chi connectivity index (χ4n) is 9.36. The Labute approximate surface area is 381 Å². The molecule has 0 unspecified atom stereocenters. The molecule has 9 atom stereocenters. The molecule has 0 saturated carbocycles. The summed E-state index contributed by atoms with van der Waals surface area (Å²) >= 11 is 0. The van der Waals surface area contributed by atoms with Crippen molar-refractivity contribution in [3.63, 3.8) is 0 Å². The average molecular weight is 913 g/mol. The first-order valence-corrected chi connectivity index (χ1v) is 22.3. The van der Waals surface area contributed by atoms with E-state index in [0.29, 0.717) is 18.8 Å². The third-order valence-electron chi connectivity index (χ3n) is 13.5. The number of aromatic nitrogens is 1. The van der Waals surface area contributed by atoms with Crippen LogP contribution >= 0.6 is 0 Å². The van der Waals surface area contributed by atoms with Crippen molar-refractivity contribution in [3.8, 4) is 11.5 Å². The molecule has 1 fully saturated rings. The molecule has 0 radical (unpaired) electrons. The lowest BCUT2D eigenvalue weighted by Gasteiger charge is -2.38. The SMILES string of the molecule is CO[C@H]1/C=C/O[C@@]2(C)Oc3c(C)c(O)c4c(=O)c(c5oc6cc(N7CCCN(C)CC7)cc(=O)c6nc5c4c3=C2O)NC(=O)/C(C)=C/C=C/[C@H](C)[C@H](O)[C@@H](C)[C@@H](O)[C@@H](C)[C@H](OC(C)=O)[C@@H]1C. The molecule has 17 nitrogen and oxygen atoms in total. The maximum absolute atomic E-state index is 14.9. The van der Waals surface area contributed by atoms with Crippen molar-refractivity contribution in [3.05, 3.63) is 79.5 Å². The molecule has 17 heteroatoms. The molecule has 354 valence electrons. The first-order chi connectivity index (χ1) is 31.2. The van der Waals surface area contributed by atoms with E-state index in [1.807, 2.05) is 7.05 Å². The summed E-state index contributed by atoms with van der Waals surface area (Å²) in [5.41, 5.74) is -1.36. The summed E-state index contributed by atoms with van der Waals surface area (Å²) in [6.45, 7) is 15.6. The molecule has 0 aliphatic carbocycles. The average Bonchev–Trinajstić information content (AvgIpc) is 3.38. The predicted molar refractivity (Wildman–Crippen MR) is 249 cm³/mol. The molecule has 3 aliphatic heterocycles. The van der Waals surface area contributed by atoms with Crippen molar-refractivity contribution in [1.29, 1.82) is 0 Å². The second-order valence-corrected chi connectivity index (χ2v) is 18.2. The maximum Gasteiger partial charge on any atom is 0.307 e. The highest BCUT2D eigenvalue weighted by Gasteiger charge is 2.44. The number of fused-ring (bicyclic) bond motifs is 2. The summed E-state index contributed by atoms with van der Waals surface area (Å²) in [7, 11) is 3.48. The highest BCUT2D eigenvalue weighted by Crippen LogP contribution is 2.42. The van der Waals surface area contributed by atoms with Gasteiger partial charge in [0.15, 0.2) is 22.4 Å². The Morgan fingerprint density at radius 3 is 2.36 bits per heavy atom. The number of amides is 1. The largest absolute Gasteiger partial charge is 0.507 e. The van der Waals surface area contributed by atoms with Gasteiger partial charge in [0.05, 0.1) is 35.2 Å². The zero-order chi connectivity index (χ0) is 48.1. The first-order valence-electron chi connectivity index (χ1n) is 22.3. The molecule has 3 aromatic carbocycles. The number of carbonyl (C=O) groups is 2. The summed E-state index contributed by atoms with van der Waals surface area (Å²) in [4.78, 5) is 64.4. The Kier molecular flexibility index (Phi) is 13.6. The number of anilines is 2. The predicted octanol–water partition coefficient (Wildman–Crippen LogP) is 4.70. The van der Waals surface area contributed by atoms with Crippen LogP contribution in [-0.4, -0.2) is 113 Å². The molecule has 1 aromatic heterocycles. The molecule has 3 aliphatic rings. The molecular weight excluding hydrogens is 853 g/mol. The number of allylic oxidation sites excluding steroid dienone is 2. The number of hydrogen-bond donors (Lipinski definition) is 5. The minimum atomic E-state index is -1.98. The van der Waals surface area contributed by atoms with Gasteiger partial charge in [-0.15, -0.1) is 0 Å². The van der Waals surface area contributed by atoms with Crippen LogP contribution in [0.25, 0.3) is 38.7 Å². The Morgan fingerprint density at radius 1 is 0.939 bits per heavy atom. The molecule has 66 heavy (non-hydrogen) atoms. The number of benzene rings is 3. The van der Waals surface area contributed by atoms with Gasteiger partial charge in [0, 0.05) is 98.6 Å². The number of hydrogen-bond acceptors (Lipinski definition) is 16. The van der Waals surface area contributed by atoms with Gasteiger partial charge in [-0.25, -0.2) is 4.98 Å². The van der Waals surface area contributed by atoms with Gasteiger partial charge in [0.2, 0.25) is 10.9 Å². The fourth-order valence-corrected chi connectivity index (χ4v) is 9.36. The second kappa shape index (κ2) is 18.7. The van der Waals surface area contributed by atoms with Crippen molar-refractivity contribution in [1.82, 2.24) is 9.88 Å². The van der Waals surface area contributed by atoms with Crippen molar-refractivity contribution in [2.24, 2.45) is 23.7 Å². The molecule has 4 aromatic rings. The molecule has 4 heterocycles. The summed E-state index contributed by atoms with van der Waals surface area (Å²) in [5, 5.41) is 49.2. The number of aliphatic hydroxyl groups is 3. The van der Waals surface area contributed by atoms with E-state index in [9.17, 15) is 39.6 Å². The van der Waals surface area contributed by atoms with E-state index < -0.39 is 88.1 Å². The molecule has 7 rings (SSSR count). The number of ether oxygens (including phenoxy) is 4. The van der Waals surface area contributed by atoms with Gasteiger partial charge < -0.3 is 58.9 Å². The van der Waals surface area contributed by atoms with E-state index in [1.54, 1.807) is 45.9 Å². The molecule has 0 spiro atoms. The molecule has 1 saturated heterocycles. The number of aromatic hydroxyl groups is 1. The van der Waals surface area contributed by atoms with Crippen LogP contribution in [0.5, 0.6) is 11.5 Å². The molecule has 4 bridgehead atoms. The third-order valence-corrected chi connectivity index (χ3v) is 13.5. The topological polar surface area (TPSA) is 231 Å². The highest BCUT2D eigenvalue weighted by molar-refractivity contribution is 6.16. The normalized spacial score (nSPS) is 30.1. The lowest BCUT2D eigenvalue weighted by atomic mass is 9.78. The van der Waals surface area contributed by atoms with E-state index in [4.69, 9.17) is 28.3 Å². The minimum Gasteiger partial charge on any atom is -0.507 e. The van der Waals surface area contributed by atoms with Gasteiger partial charge in [-0.2, -0.15) is 0 Å².